The van der Waals surface area contributed by atoms with Crippen molar-refractivity contribution in [3.05, 3.63) is 65.2 Å². The Morgan fingerprint density at radius 3 is 2.45 bits per heavy atom. The monoisotopic (exact) mass is 403 g/mol. The van der Waals surface area contributed by atoms with E-state index in [1.165, 1.54) is 13.2 Å². The fraction of sp³-hybridized carbons (Fsp3) is 0.409. The van der Waals surface area contributed by atoms with E-state index in [4.69, 9.17) is 9.47 Å². The van der Waals surface area contributed by atoms with Gasteiger partial charge in [0.25, 0.3) is 0 Å². The van der Waals surface area contributed by atoms with Crippen molar-refractivity contribution in [2.75, 3.05) is 7.11 Å². The lowest BCUT2D eigenvalue weighted by molar-refractivity contribution is -0.0540. The van der Waals surface area contributed by atoms with Crippen LogP contribution < -0.4 is 4.74 Å². The molecule has 2 atom stereocenters. The standard InChI is InChI=1S/C22H23F2NO4/c1-28-19-10-15(9-18(23)20(19)24)22(27)11-16-7-8-17(12-22)25(16)21(26)29-13-14-5-3-2-4-6-14/h2-6,9-10,16-17,27H,7-8,11-13H2,1H3. The molecule has 1 amide bonds. The number of amides is 1. The lowest BCUT2D eigenvalue weighted by atomic mass is 9.80. The molecule has 7 heteroatoms. The number of hydrogen-bond acceptors (Lipinski definition) is 4. The molecule has 2 fully saturated rings. The molecule has 0 saturated carbocycles. The van der Waals surface area contributed by atoms with E-state index in [0.717, 1.165) is 24.5 Å². The highest BCUT2D eigenvalue weighted by Gasteiger charge is 2.51. The lowest BCUT2D eigenvalue weighted by Crippen LogP contribution is -2.52. The molecular weight excluding hydrogens is 380 g/mol. The van der Waals surface area contributed by atoms with Crippen LogP contribution in [0.3, 0.4) is 0 Å². The number of ether oxygens (including phenoxy) is 2. The largest absolute Gasteiger partial charge is 0.494 e. The third-order valence-corrected chi connectivity index (χ3v) is 5.93. The fourth-order valence-corrected chi connectivity index (χ4v) is 4.53. The maximum absolute atomic E-state index is 14.0. The second-order valence-corrected chi connectivity index (χ2v) is 7.75. The molecule has 0 aromatic heterocycles. The summed E-state index contributed by atoms with van der Waals surface area (Å²) in [4.78, 5) is 14.4. The van der Waals surface area contributed by atoms with Crippen LogP contribution in [0.4, 0.5) is 13.6 Å². The summed E-state index contributed by atoms with van der Waals surface area (Å²) in [6, 6.07) is 11.3. The van der Waals surface area contributed by atoms with Gasteiger partial charge in [-0.2, -0.15) is 4.39 Å². The number of rotatable bonds is 4. The summed E-state index contributed by atoms with van der Waals surface area (Å²) in [5.41, 5.74) is -0.192. The Kier molecular flexibility index (Phi) is 5.17. The van der Waals surface area contributed by atoms with Gasteiger partial charge in [0, 0.05) is 24.9 Å². The molecule has 1 N–H and O–H groups in total. The molecular formula is C22H23F2NO4. The number of nitrogens with zero attached hydrogens (tertiary/aromatic N) is 1. The molecule has 2 aromatic rings. The van der Waals surface area contributed by atoms with Gasteiger partial charge in [-0.25, -0.2) is 9.18 Å². The van der Waals surface area contributed by atoms with Crippen molar-refractivity contribution in [3.63, 3.8) is 0 Å². The Morgan fingerprint density at radius 2 is 1.83 bits per heavy atom. The van der Waals surface area contributed by atoms with Crippen molar-refractivity contribution >= 4 is 6.09 Å². The van der Waals surface area contributed by atoms with Crippen molar-refractivity contribution in [2.45, 2.75) is 50.0 Å². The summed E-state index contributed by atoms with van der Waals surface area (Å²) in [5.74, 6) is -2.39. The molecule has 2 aliphatic rings. The third kappa shape index (κ3) is 3.67. The van der Waals surface area contributed by atoms with Gasteiger partial charge in [0.05, 0.1) is 12.7 Å². The molecule has 2 bridgehead atoms. The van der Waals surface area contributed by atoms with Crippen LogP contribution in [0.2, 0.25) is 0 Å². The Bertz CT molecular complexity index is 891. The number of methoxy groups -OCH3 is 1. The van der Waals surface area contributed by atoms with Gasteiger partial charge in [0.15, 0.2) is 11.6 Å². The van der Waals surface area contributed by atoms with Gasteiger partial charge < -0.3 is 19.5 Å². The molecule has 0 radical (unpaired) electrons. The zero-order valence-corrected chi connectivity index (χ0v) is 16.1. The minimum Gasteiger partial charge on any atom is -0.494 e. The summed E-state index contributed by atoms with van der Waals surface area (Å²) in [7, 11) is 1.25. The van der Waals surface area contributed by atoms with Gasteiger partial charge in [0.1, 0.15) is 6.61 Å². The minimum absolute atomic E-state index is 0.181. The number of carbonyl (C=O) groups is 1. The predicted molar refractivity (Wildman–Crippen MR) is 101 cm³/mol. The van der Waals surface area contributed by atoms with Crippen LogP contribution >= 0.6 is 0 Å². The second kappa shape index (κ2) is 7.63. The van der Waals surface area contributed by atoms with Crippen LogP contribution in [0.1, 0.15) is 36.8 Å². The molecule has 4 rings (SSSR count). The topological polar surface area (TPSA) is 59.0 Å². The molecule has 5 nitrogen and oxygen atoms in total. The van der Waals surface area contributed by atoms with E-state index < -0.39 is 23.3 Å². The number of fused-ring (bicyclic) bond motifs is 2. The molecule has 0 spiro atoms. The fourth-order valence-electron chi connectivity index (χ4n) is 4.53. The van der Waals surface area contributed by atoms with Gasteiger partial charge in [-0.15, -0.1) is 0 Å². The number of aliphatic hydroxyl groups is 1. The van der Waals surface area contributed by atoms with Crippen LogP contribution in [0.5, 0.6) is 5.75 Å². The highest BCUT2D eigenvalue weighted by Crippen LogP contribution is 2.47. The van der Waals surface area contributed by atoms with Crippen LogP contribution in [0.25, 0.3) is 0 Å². The average Bonchev–Trinajstić information content (AvgIpc) is 3.00. The molecule has 154 valence electrons. The number of hydrogen-bond donors (Lipinski definition) is 1. The number of piperidine rings is 1. The molecule has 2 unspecified atom stereocenters. The first-order valence-corrected chi connectivity index (χ1v) is 9.66. The van der Waals surface area contributed by atoms with Gasteiger partial charge in [0.2, 0.25) is 5.82 Å². The van der Waals surface area contributed by atoms with E-state index in [2.05, 4.69) is 0 Å². The Balaban J connectivity index is 1.50. The van der Waals surface area contributed by atoms with Crippen LogP contribution in [0.15, 0.2) is 42.5 Å². The predicted octanol–water partition coefficient (Wildman–Crippen LogP) is 4.12. The molecule has 29 heavy (non-hydrogen) atoms. The molecule has 0 aliphatic carbocycles. The number of carbonyl (C=O) groups excluding carboxylic acids is 1. The number of halogens is 2. The van der Waals surface area contributed by atoms with Crippen LogP contribution in [-0.2, 0) is 16.9 Å². The van der Waals surface area contributed by atoms with Gasteiger partial charge in [-0.3, -0.25) is 0 Å². The van der Waals surface area contributed by atoms with E-state index in [0.29, 0.717) is 0 Å². The molecule has 2 heterocycles. The van der Waals surface area contributed by atoms with Gasteiger partial charge in [-0.1, -0.05) is 30.3 Å². The SMILES string of the molecule is COc1cc(C2(O)CC3CCC(C2)N3C(=O)OCc2ccccc2)cc(F)c1F. The summed E-state index contributed by atoms with van der Waals surface area (Å²) in [5, 5.41) is 11.2. The maximum atomic E-state index is 14.0. The molecule has 2 aromatic carbocycles. The van der Waals surface area contributed by atoms with E-state index in [9.17, 15) is 18.7 Å². The summed E-state index contributed by atoms with van der Waals surface area (Å²) in [6.07, 6.45) is 1.52. The molecule has 2 saturated heterocycles. The van der Waals surface area contributed by atoms with Crippen molar-refractivity contribution in [1.29, 1.82) is 0 Å². The Labute approximate surface area is 167 Å². The highest BCUT2D eigenvalue weighted by atomic mass is 19.2. The Hall–Kier alpha value is -2.67. The van der Waals surface area contributed by atoms with Crippen molar-refractivity contribution in [2.24, 2.45) is 0 Å². The van der Waals surface area contributed by atoms with Crippen LogP contribution in [0, 0.1) is 11.6 Å². The smallest absolute Gasteiger partial charge is 0.410 e. The van der Waals surface area contributed by atoms with Crippen molar-refractivity contribution in [1.82, 2.24) is 4.90 Å². The van der Waals surface area contributed by atoms with Gasteiger partial charge >= 0.3 is 6.09 Å². The lowest BCUT2D eigenvalue weighted by Gasteiger charge is -2.43. The highest BCUT2D eigenvalue weighted by molar-refractivity contribution is 5.69. The van der Waals surface area contributed by atoms with E-state index in [-0.39, 0.29) is 42.8 Å². The summed E-state index contributed by atoms with van der Waals surface area (Å²) in [6.45, 7) is 0.181. The van der Waals surface area contributed by atoms with Crippen molar-refractivity contribution < 1.29 is 28.2 Å². The first kappa shape index (κ1) is 19.6. The third-order valence-electron chi connectivity index (χ3n) is 5.93. The van der Waals surface area contributed by atoms with Crippen LogP contribution in [-0.4, -0.2) is 35.3 Å². The first-order chi connectivity index (χ1) is 13.9. The second-order valence-electron chi connectivity index (χ2n) is 7.75. The quantitative estimate of drug-likeness (QED) is 0.834. The van der Waals surface area contributed by atoms with Gasteiger partial charge in [-0.05, 0) is 36.1 Å². The normalized spacial score (nSPS) is 25.7. The first-order valence-electron chi connectivity index (χ1n) is 9.66. The van der Waals surface area contributed by atoms with E-state index in [1.807, 2.05) is 30.3 Å². The zero-order valence-electron chi connectivity index (χ0n) is 16.1. The average molecular weight is 403 g/mol. The summed E-state index contributed by atoms with van der Waals surface area (Å²) >= 11 is 0. The molecule has 2 aliphatic heterocycles. The maximum Gasteiger partial charge on any atom is 0.410 e. The van der Waals surface area contributed by atoms with Crippen molar-refractivity contribution in [3.8, 4) is 5.75 Å². The minimum atomic E-state index is -1.36. The number of benzene rings is 2. The summed E-state index contributed by atoms with van der Waals surface area (Å²) < 4.78 is 38.1. The van der Waals surface area contributed by atoms with E-state index >= 15 is 0 Å². The zero-order chi connectivity index (χ0) is 20.6. The Morgan fingerprint density at radius 1 is 1.17 bits per heavy atom. The van der Waals surface area contributed by atoms with E-state index in [1.54, 1.807) is 4.90 Å².